The van der Waals surface area contributed by atoms with E-state index in [0.717, 1.165) is 23.4 Å². The van der Waals surface area contributed by atoms with Crippen LogP contribution >= 0.6 is 27.3 Å². The van der Waals surface area contributed by atoms with Crippen LogP contribution in [0, 0.1) is 6.92 Å². The Kier molecular flexibility index (Phi) is 5.58. The molecule has 1 aromatic rings. The number of hydrogen-bond donors (Lipinski definition) is 1. The highest BCUT2D eigenvalue weighted by Crippen LogP contribution is 2.07. The minimum absolute atomic E-state index is 0.909. The Hall–Kier alpha value is 0.0700. The molecule has 0 spiro atoms. The van der Waals surface area contributed by atoms with Gasteiger partial charge in [-0.25, -0.2) is 4.98 Å². The van der Waals surface area contributed by atoms with Crippen molar-refractivity contribution in [3.05, 3.63) is 16.1 Å². The molecule has 1 N–H and O–H groups in total. The summed E-state index contributed by atoms with van der Waals surface area (Å²) >= 11 is 5.13. The second-order valence-corrected chi connectivity index (χ2v) is 4.79. The van der Waals surface area contributed by atoms with Crippen molar-refractivity contribution in [2.24, 2.45) is 0 Å². The average Bonchev–Trinajstić information content (AvgIpc) is 2.51. The number of aromatic nitrogens is 1. The fourth-order valence-corrected chi connectivity index (χ4v) is 2.06. The molecule has 4 heteroatoms. The number of alkyl halides is 1. The summed E-state index contributed by atoms with van der Waals surface area (Å²) in [5, 5.41) is 7.74. The van der Waals surface area contributed by atoms with Crippen molar-refractivity contribution in [3.8, 4) is 0 Å². The van der Waals surface area contributed by atoms with Crippen LogP contribution in [0.3, 0.4) is 0 Å². The zero-order valence-electron chi connectivity index (χ0n) is 7.85. The van der Waals surface area contributed by atoms with Gasteiger partial charge in [0.1, 0.15) is 0 Å². The Labute approximate surface area is 91.9 Å². The molecule has 0 aromatic carbocycles. The molecule has 0 bridgehead atoms. The van der Waals surface area contributed by atoms with Crippen molar-refractivity contribution < 1.29 is 0 Å². The predicted octanol–water partition coefficient (Wildman–Crippen LogP) is 2.72. The number of nitrogens with zero attached hydrogens (tertiary/aromatic N) is 1. The lowest BCUT2D eigenvalue weighted by Crippen LogP contribution is -2.14. The third kappa shape index (κ3) is 4.74. The molecule has 0 amide bonds. The van der Waals surface area contributed by atoms with Crippen molar-refractivity contribution in [1.82, 2.24) is 10.3 Å². The molecule has 0 aliphatic heterocycles. The number of nitrogens with one attached hydrogen (secondary N) is 1. The van der Waals surface area contributed by atoms with E-state index in [0.29, 0.717) is 0 Å². The van der Waals surface area contributed by atoms with Crippen molar-refractivity contribution in [3.63, 3.8) is 0 Å². The van der Waals surface area contributed by atoms with Gasteiger partial charge in [0.2, 0.25) is 0 Å². The van der Waals surface area contributed by atoms with E-state index in [1.165, 1.54) is 18.5 Å². The van der Waals surface area contributed by atoms with Crippen LogP contribution in [0.2, 0.25) is 0 Å². The zero-order chi connectivity index (χ0) is 9.52. The third-order valence-corrected chi connectivity index (χ3v) is 3.09. The number of hydrogen-bond acceptors (Lipinski definition) is 3. The van der Waals surface area contributed by atoms with E-state index in [1.807, 2.05) is 6.92 Å². The Balaban J connectivity index is 2.06. The fourth-order valence-electron chi connectivity index (χ4n) is 1.05. The van der Waals surface area contributed by atoms with Gasteiger partial charge in [-0.05, 0) is 26.3 Å². The number of rotatable bonds is 6. The fraction of sp³-hybridized carbons (Fsp3) is 0.667. The van der Waals surface area contributed by atoms with Crippen LogP contribution in [0.15, 0.2) is 5.38 Å². The summed E-state index contributed by atoms with van der Waals surface area (Å²) < 4.78 is 0. The molecule has 0 aliphatic rings. The maximum Gasteiger partial charge on any atom is 0.0897 e. The minimum Gasteiger partial charge on any atom is -0.311 e. The van der Waals surface area contributed by atoms with Gasteiger partial charge in [-0.2, -0.15) is 0 Å². The largest absolute Gasteiger partial charge is 0.311 e. The van der Waals surface area contributed by atoms with Gasteiger partial charge in [-0.3, -0.25) is 0 Å². The van der Waals surface area contributed by atoms with Gasteiger partial charge >= 0.3 is 0 Å². The lowest BCUT2D eigenvalue weighted by molar-refractivity contribution is 0.637. The van der Waals surface area contributed by atoms with Crippen molar-refractivity contribution >= 4 is 27.3 Å². The highest BCUT2D eigenvalue weighted by molar-refractivity contribution is 9.09. The smallest absolute Gasteiger partial charge is 0.0897 e. The molecule has 0 unspecified atom stereocenters. The standard InChI is InChI=1S/C9H15BrN2S/c1-8-12-9(7-13-8)6-11-5-3-2-4-10/h7,11H,2-6H2,1H3. The van der Waals surface area contributed by atoms with Crippen LogP contribution in [0.25, 0.3) is 0 Å². The van der Waals surface area contributed by atoms with E-state index in [2.05, 4.69) is 31.6 Å². The van der Waals surface area contributed by atoms with E-state index in [9.17, 15) is 0 Å². The first-order chi connectivity index (χ1) is 6.33. The first-order valence-electron chi connectivity index (χ1n) is 4.50. The Morgan fingerprint density at radius 2 is 2.38 bits per heavy atom. The predicted molar refractivity (Wildman–Crippen MR) is 61.6 cm³/mol. The normalized spacial score (nSPS) is 10.6. The number of unbranched alkanes of at least 4 members (excludes halogenated alkanes) is 1. The highest BCUT2D eigenvalue weighted by Gasteiger charge is 1.96. The van der Waals surface area contributed by atoms with Crippen LogP contribution in [-0.4, -0.2) is 16.9 Å². The van der Waals surface area contributed by atoms with Gasteiger partial charge in [-0.15, -0.1) is 11.3 Å². The molecule has 1 heterocycles. The Bertz CT molecular complexity index is 237. The van der Waals surface area contributed by atoms with Crippen LogP contribution in [-0.2, 0) is 6.54 Å². The summed E-state index contributed by atoms with van der Waals surface area (Å²) in [4.78, 5) is 4.38. The number of thiazole rings is 1. The second-order valence-electron chi connectivity index (χ2n) is 2.93. The van der Waals surface area contributed by atoms with Crippen LogP contribution < -0.4 is 5.32 Å². The van der Waals surface area contributed by atoms with E-state index in [4.69, 9.17) is 0 Å². The SMILES string of the molecule is Cc1nc(CNCCCCBr)cs1. The molecule has 0 saturated heterocycles. The molecule has 0 saturated carbocycles. The molecule has 0 fully saturated rings. The molecule has 0 aliphatic carbocycles. The van der Waals surface area contributed by atoms with E-state index < -0.39 is 0 Å². The molecule has 2 nitrogen and oxygen atoms in total. The molecule has 1 rings (SSSR count). The van der Waals surface area contributed by atoms with Crippen LogP contribution in [0.5, 0.6) is 0 Å². The number of aryl methyl sites for hydroxylation is 1. The van der Waals surface area contributed by atoms with Crippen LogP contribution in [0.1, 0.15) is 23.5 Å². The monoisotopic (exact) mass is 262 g/mol. The second kappa shape index (κ2) is 6.51. The van der Waals surface area contributed by atoms with Crippen molar-refractivity contribution in [2.45, 2.75) is 26.3 Å². The third-order valence-electron chi connectivity index (χ3n) is 1.71. The quantitative estimate of drug-likeness (QED) is 0.630. The van der Waals surface area contributed by atoms with E-state index in [-0.39, 0.29) is 0 Å². The lowest BCUT2D eigenvalue weighted by atomic mass is 10.3. The molecule has 1 aromatic heterocycles. The summed E-state index contributed by atoms with van der Waals surface area (Å²) in [7, 11) is 0. The average molecular weight is 263 g/mol. The van der Waals surface area contributed by atoms with Gasteiger partial charge in [0.15, 0.2) is 0 Å². The first kappa shape index (κ1) is 11.1. The van der Waals surface area contributed by atoms with Gasteiger partial charge in [-0.1, -0.05) is 15.9 Å². The first-order valence-corrected chi connectivity index (χ1v) is 6.50. The topological polar surface area (TPSA) is 24.9 Å². The van der Waals surface area contributed by atoms with Gasteiger partial charge in [0.25, 0.3) is 0 Å². The molecule has 0 atom stereocenters. The molecular formula is C9H15BrN2S. The maximum atomic E-state index is 4.38. The zero-order valence-corrected chi connectivity index (χ0v) is 10.2. The summed E-state index contributed by atoms with van der Waals surface area (Å²) in [6.45, 7) is 4.04. The van der Waals surface area contributed by atoms with Crippen LogP contribution in [0.4, 0.5) is 0 Å². The Morgan fingerprint density at radius 3 is 3.00 bits per heavy atom. The lowest BCUT2D eigenvalue weighted by Gasteiger charge is -2.00. The molecule has 13 heavy (non-hydrogen) atoms. The number of halogens is 1. The highest BCUT2D eigenvalue weighted by atomic mass is 79.9. The van der Waals surface area contributed by atoms with E-state index >= 15 is 0 Å². The van der Waals surface area contributed by atoms with Gasteiger partial charge < -0.3 is 5.32 Å². The summed E-state index contributed by atoms with van der Waals surface area (Å²) in [6.07, 6.45) is 2.47. The minimum atomic E-state index is 0.909. The Morgan fingerprint density at radius 1 is 1.54 bits per heavy atom. The summed E-state index contributed by atoms with van der Waals surface area (Å²) in [5.74, 6) is 0. The van der Waals surface area contributed by atoms with Gasteiger partial charge in [0, 0.05) is 17.3 Å². The summed E-state index contributed by atoms with van der Waals surface area (Å²) in [5.41, 5.74) is 1.17. The molecular weight excluding hydrogens is 248 g/mol. The molecule has 0 radical (unpaired) electrons. The van der Waals surface area contributed by atoms with E-state index in [1.54, 1.807) is 11.3 Å². The van der Waals surface area contributed by atoms with Gasteiger partial charge in [0.05, 0.1) is 10.7 Å². The maximum absolute atomic E-state index is 4.38. The van der Waals surface area contributed by atoms with Crippen molar-refractivity contribution in [1.29, 1.82) is 0 Å². The molecule has 74 valence electrons. The summed E-state index contributed by atoms with van der Waals surface area (Å²) in [6, 6.07) is 0. The van der Waals surface area contributed by atoms with Crippen molar-refractivity contribution in [2.75, 3.05) is 11.9 Å².